The molecule has 2 aliphatic rings. The highest BCUT2D eigenvalue weighted by molar-refractivity contribution is 7.13. The zero-order valence-corrected chi connectivity index (χ0v) is 26.7. The molecular formula is C33H39FN4O5S. The fourth-order valence-electron chi connectivity index (χ4n) is 6.08. The van der Waals surface area contributed by atoms with E-state index in [2.05, 4.69) is 10.3 Å². The monoisotopic (exact) mass is 622 g/mol. The van der Waals surface area contributed by atoms with E-state index in [4.69, 9.17) is 4.74 Å². The topological polar surface area (TPSA) is 112 Å². The average Bonchev–Trinajstić information content (AvgIpc) is 3.64. The van der Waals surface area contributed by atoms with Crippen LogP contribution < -0.4 is 5.32 Å². The van der Waals surface area contributed by atoms with Gasteiger partial charge in [-0.15, -0.1) is 11.3 Å². The van der Waals surface area contributed by atoms with E-state index in [1.165, 1.54) is 33.3 Å². The van der Waals surface area contributed by atoms with E-state index in [1.807, 2.05) is 47.6 Å². The lowest BCUT2D eigenvalue weighted by Gasteiger charge is -2.35. The molecule has 0 radical (unpaired) electrons. The number of fused-ring (bicyclic) bond motifs is 1. The molecule has 0 bridgehead atoms. The largest absolute Gasteiger partial charge is 0.508 e. The Bertz CT molecular complexity index is 1580. The van der Waals surface area contributed by atoms with Crippen LogP contribution >= 0.6 is 11.3 Å². The highest BCUT2D eigenvalue weighted by Crippen LogP contribution is 2.33. The van der Waals surface area contributed by atoms with Gasteiger partial charge in [0.05, 0.1) is 27.8 Å². The molecule has 3 atom stereocenters. The first-order chi connectivity index (χ1) is 20.7. The molecule has 5 rings (SSSR count). The number of phenolic OH excluding ortho intramolecular Hbond substituents is 1. The van der Waals surface area contributed by atoms with Crippen molar-refractivity contribution in [1.82, 2.24) is 20.1 Å². The van der Waals surface area contributed by atoms with Gasteiger partial charge in [0.2, 0.25) is 11.8 Å². The maximum atomic E-state index is 14.2. The number of aryl methyl sites for hydroxylation is 1. The third-order valence-electron chi connectivity index (χ3n) is 8.04. The fourth-order valence-corrected chi connectivity index (χ4v) is 6.88. The summed E-state index contributed by atoms with van der Waals surface area (Å²) >= 11 is 1.49. The minimum atomic E-state index is -0.853. The Morgan fingerprint density at radius 2 is 1.95 bits per heavy atom. The summed E-state index contributed by atoms with van der Waals surface area (Å²) in [4.78, 5) is 49.5. The van der Waals surface area contributed by atoms with Crippen molar-refractivity contribution < 1.29 is 28.6 Å². The Kier molecular flexibility index (Phi) is 8.82. The molecule has 1 aromatic heterocycles. The van der Waals surface area contributed by atoms with Gasteiger partial charge in [0.1, 0.15) is 23.7 Å². The third kappa shape index (κ3) is 6.49. The number of halogens is 1. The number of nitrogens with one attached hydrogen (secondary N) is 1. The van der Waals surface area contributed by atoms with Crippen LogP contribution in [0.25, 0.3) is 10.4 Å². The number of carbonyl (C=O) groups is 3. The van der Waals surface area contributed by atoms with Crippen LogP contribution in [0.5, 0.6) is 5.75 Å². The average molecular weight is 623 g/mol. The van der Waals surface area contributed by atoms with E-state index in [9.17, 15) is 23.9 Å². The highest BCUT2D eigenvalue weighted by Gasteiger charge is 2.47. The molecule has 3 amide bonds. The van der Waals surface area contributed by atoms with Crippen molar-refractivity contribution in [2.45, 2.75) is 84.8 Å². The van der Waals surface area contributed by atoms with Gasteiger partial charge in [0, 0.05) is 37.2 Å². The summed E-state index contributed by atoms with van der Waals surface area (Å²) in [6.45, 7) is 11.8. The van der Waals surface area contributed by atoms with Gasteiger partial charge in [-0.3, -0.25) is 14.4 Å². The lowest BCUT2D eigenvalue weighted by Crippen LogP contribution is -2.55. The molecule has 2 aliphatic heterocycles. The first kappa shape index (κ1) is 31.6. The number of aromatic nitrogens is 1. The standard InChI is InChI=1S/C33H39FN4O5S/c1-18(2)28(38-15-22-9-10-23(34)12-25(22)31(38)41)32(42)37-16-24(43-33(4,5)6)13-26(37)30(40)35-14-21-8-7-20(11-27(21)39)29-19(3)36-17-44-29/h7-12,17-18,24,26,28,39H,13-16H2,1-6H3,(H,35,40)/t24-,26+,28?/m1/s1. The number of thiazole rings is 1. The van der Waals surface area contributed by atoms with Crippen LogP contribution in [0, 0.1) is 18.7 Å². The minimum Gasteiger partial charge on any atom is -0.508 e. The smallest absolute Gasteiger partial charge is 0.255 e. The van der Waals surface area contributed by atoms with Crippen molar-refractivity contribution in [1.29, 1.82) is 0 Å². The molecule has 1 saturated heterocycles. The third-order valence-corrected chi connectivity index (χ3v) is 9.02. The first-order valence-corrected chi connectivity index (χ1v) is 15.7. The number of phenols is 1. The maximum absolute atomic E-state index is 14.2. The number of nitrogens with zero attached hydrogens (tertiary/aromatic N) is 3. The van der Waals surface area contributed by atoms with Crippen molar-refractivity contribution in [3.05, 3.63) is 70.1 Å². The number of rotatable bonds is 8. The second kappa shape index (κ2) is 12.3. The van der Waals surface area contributed by atoms with Crippen LogP contribution in [0.2, 0.25) is 0 Å². The Morgan fingerprint density at radius 1 is 1.20 bits per heavy atom. The van der Waals surface area contributed by atoms with Crippen LogP contribution in [0.15, 0.2) is 41.9 Å². The molecule has 1 fully saturated rings. The molecule has 3 heterocycles. The Labute approximate surface area is 261 Å². The zero-order valence-electron chi connectivity index (χ0n) is 25.9. The maximum Gasteiger partial charge on any atom is 0.255 e. The number of benzene rings is 2. The molecule has 44 heavy (non-hydrogen) atoms. The molecule has 234 valence electrons. The van der Waals surface area contributed by atoms with Gasteiger partial charge in [-0.2, -0.15) is 0 Å². The summed E-state index contributed by atoms with van der Waals surface area (Å²) in [6, 6.07) is 7.70. The van der Waals surface area contributed by atoms with E-state index < -0.39 is 35.5 Å². The second-order valence-corrected chi connectivity index (χ2v) is 13.7. The summed E-state index contributed by atoms with van der Waals surface area (Å²) in [6.07, 6.45) is -0.104. The molecule has 0 spiro atoms. The van der Waals surface area contributed by atoms with Crippen molar-refractivity contribution in [3.63, 3.8) is 0 Å². The van der Waals surface area contributed by atoms with Crippen molar-refractivity contribution >= 4 is 29.1 Å². The Hall–Kier alpha value is -3.83. The summed E-state index contributed by atoms with van der Waals surface area (Å²) in [5.41, 5.74) is 4.43. The van der Waals surface area contributed by atoms with E-state index >= 15 is 0 Å². The number of amides is 3. The van der Waals surface area contributed by atoms with Gasteiger partial charge in [0.25, 0.3) is 5.91 Å². The quantitative estimate of drug-likeness (QED) is 0.364. The molecule has 0 saturated carbocycles. The van der Waals surface area contributed by atoms with Crippen LogP contribution in [0.3, 0.4) is 0 Å². The van der Waals surface area contributed by atoms with E-state index in [-0.39, 0.29) is 55.1 Å². The second-order valence-electron chi connectivity index (χ2n) is 12.8. The van der Waals surface area contributed by atoms with E-state index in [0.717, 1.165) is 16.1 Å². The van der Waals surface area contributed by atoms with Gasteiger partial charge in [0.15, 0.2) is 0 Å². The molecule has 1 unspecified atom stereocenters. The van der Waals surface area contributed by atoms with Gasteiger partial charge in [-0.25, -0.2) is 9.37 Å². The minimum absolute atomic E-state index is 0.0484. The van der Waals surface area contributed by atoms with Gasteiger partial charge in [-0.05, 0) is 62.9 Å². The molecule has 11 heteroatoms. The summed E-state index contributed by atoms with van der Waals surface area (Å²) in [5.74, 6) is -1.86. The molecule has 3 aromatic rings. The van der Waals surface area contributed by atoms with E-state index in [0.29, 0.717) is 11.1 Å². The van der Waals surface area contributed by atoms with Crippen molar-refractivity contribution in [2.75, 3.05) is 6.54 Å². The lowest BCUT2D eigenvalue weighted by atomic mass is 10.0. The van der Waals surface area contributed by atoms with Crippen LogP contribution in [-0.4, -0.2) is 67.9 Å². The molecular weight excluding hydrogens is 583 g/mol. The summed E-state index contributed by atoms with van der Waals surface area (Å²) in [7, 11) is 0. The molecule has 2 N–H and O–H groups in total. The number of likely N-dealkylation sites (tertiary alicyclic amines) is 1. The zero-order chi connectivity index (χ0) is 31.9. The van der Waals surface area contributed by atoms with Gasteiger partial charge >= 0.3 is 0 Å². The fraction of sp³-hybridized carbons (Fsp3) is 0.455. The summed E-state index contributed by atoms with van der Waals surface area (Å²) in [5, 5.41) is 13.6. The van der Waals surface area contributed by atoms with Crippen molar-refractivity contribution in [2.24, 2.45) is 5.92 Å². The Morgan fingerprint density at radius 3 is 2.59 bits per heavy atom. The van der Waals surface area contributed by atoms with Crippen molar-refractivity contribution in [3.8, 4) is 16.2 Å². The van der Waals surface area contributed by atoms with Gasteiger partial charge < -0.3 is 25.0 Å². The molecule has 2 aromatic carbocycles. The van der Waals surface area contributed by atoms with Crippen LogP contribution in [-0.2, 0) is 27.4 Å². The number of carbonyl (C=O) groups excluding carboxylic acids is 3. The number of ether oxygens (including phenoxy) is 1. The highest BCUT2D eigenvalue weighted by atomic mass is 32.1. The number of aromatic hydroxyl groups is 1. The lowest BCUT2D eigenvalue weighted by molar-refractivity contribution is -0.143. The first-order valence-electron chi connectivity index (χ1n) is 14.8. The predicted octanol–water partition coefficient (Wildman–Crippen LogP) is 5.04. The van der Waals surface area contributed by atoms with Gasteiger partial charge in [-0.1, -0.05) is 32.0 Å². The molecule has 0 aliphatic carbocycles. The number of hydrogen-bond donors (Lipinski definition) is 2. The van der Waals surface area contributed by atoms with E-state index in [1.54, 1.807) is 23.7 Å². The number of hydrogen-bond acceptors (Lipinski definition) is 7. The Balaban J connectivity index is 1.35. The van der Waals surface area contributed by atoms with Crippen LogP contribution in [0.1, 0.15) is 68.2 Å². The predicted molar refractivity (Wildman–Crippen MR) is 165 cm³/mol. The molecule has 9 nitrogen and oxygen atoms in total. The summed E-state index contributed by atoms with van der Waals surface area (Å²) < 4.78 is 20.2. The SMILES string of the molecule is Cc1ncsc1-c1ccc(CNC(=O)[C@@H]2C[C@@H](OC(C)(C)C)CN2C(=O)C(C(C)C)N2Cc3ccc(F)cc3C2=O)c(O)c1. The van der Waals surface area contributed by atoms with Crippen LogP contribution in [0.4, 0.5) is 4.39 Å². The normalized spacial score (nSPS) is 19.0.